The molecule has 1 aliphatic rings. The fourth-order valence-electron chi connectivity index (χ4n) is 1.95. The maximum atomic E-state index is 12.0. The molecule has 3 rings (SSSR count). The van der Waals surface area contributed by atoms with Crippen LogP contribution in [0, 0.1) is 6.92 Å². The molecule has 1 amide bonds. The van der Waals surface area contributed by atoms with Gasteiger partial charge >= 0.3 is 6.01 Å². The van der Waals surface area contributed by atoms with E-state index in [1.165, 1.54) is 5.56 Å². The van der Waals surface area contributed by atoms with Crippen LogP contribution in [0.3, 0.4) is 0 Å². The summed E-state index contributed by atoms with van der Waals surface area (Å²) in [5, 5.41) is 9.42. The molecule has 92 valence electrons. The van der Waals surface area contributed by atoms with Gasteiger partial charge in [-0.1, -0.05) is 11.2 Å². The Morgan fingerprint density at radius 2 is 2.22 bits per heavy atom. The van der Waals surface area contributed by atoms with Gasteiger partial charge in [0.05, 0.1) is 0 Å². The number of aromatic nitrogens is 2. The van der Waals surface area contributed by atoms with Gasteiger partial charge in [0.15, 0.2) is 5.82 Å². The smallest absolute Gasteiger partial charge is 0.315 e. The molecule has 0 spiro atoms. The fraction of sp³-hybridized carbons (Fsp3) is 0.250. The third-order valence-electron chi connectivity index (χ3n) is 2.85. The number of fused-ring (bicyclic) bond motifs is 1. The van der Waals surface area contributed by atoms with E-state index >= 15 is 0 Å². The Hall–Kier alpha value is -2.21. The van der Waals surface area contributed by atoms with Crippen molar-refractivity contribution < 1.29 is 9.32 Å². The molecule has 0 saturated heterocycles. The Bertz CT molecular complexity index is 606. The van der Waals surface area contributed by atoms with E-state index in [9.17, 15) is 4.79 Å². The maximum absolute atomic E-state index is 12.0. The first-order valence-electron chi connectivity index (χ1n) is 5.66. The minimum absolute atomic E-state index is 0.121. The van der Waals surface area contributed by atoms with Crippen LogP contribution in [-0.2, 0) is 13.1 Å². The number of hydrogen-bond donors (Lipinski definition) is 2. The van der Waals surface area contributed by atoms with Crippen LogP contribution in [0.2, 0.25) is 0 Å². The lowest BCUT2D eigenvalue weighted by Gasteiger charge is -2.03. The van der Waals surface area contributed by atoms with E-state index in [1.54, 1.807) is 13.0 Å². The zero-order valence-electron chi connectivity index (χ0n) is 9.86. The zero-order chi connectivity index (χ0) is 12.5. The predicted octanol–water partition coefficient (Wildman–Crippen LogP) is 1.23. The largest absolute Gasteiger partial charge is 0.328 e. The summed E-state index contributed by atoms with van der Waals surface area (Å²) < 4.78 is 4.84. The van der Waals surface area contributed by atoms with Crippen molar-refractivity contribution in [1.82, 2.24) is 15.5 Å². The van der Waals surface area contributed by atoms with Crippen molar-refractivity contribution in [2.45, 2.75) is 20.0 Å². The van der Waals surface area contributed by atoms with Gasteiger partial charge in [0.1, 0.15) is 0 Å². The molecule has 1 aromatic carbocycles. The van der Waals surface area contributed by atoms with Gasteiger partial charge < -0.3 is 9.84 Å². The second kappa shape index (κ2) is 4.23. The van der Waals surface area contributed by atoms with E-state index in [4.69, 9.17) is 4.52 Å². The molecule has 0 unspecified atom stereocenters. The van der Waals surface area contributed by atoms with Crippen LogP contribution in [0.25, 0.3) is 0 Å². The summed E-state index contributed by atoms with van der Waals surface area (Å²) in [5.74, 6) is 0.247. The molecule has 0 bridgehead atoms. The van der Waals surface area contributed by atoms with E-state index in [0.717, 1.165) is 18.7 Å². The lowest BCUT2D eigenvalue weighted by atomic mass is 10.1. The maximum Gasteiger partial charge on any atom is 0.328 e. The van der Waals surface area contributed by atoms with Crippen LogP contribution in [0.15, 0.2) is 22.7 Å². The second-order valence-electron chi connectivity index (χ2n) is 4.19. The van der Waals surface area contributed by atoms with Gasteiger partial charge in [0.25, 0.3) is 5.91 Å². The molecule has 0 saturated carbocycles. The van der Waals surface area contributed by atoms with Crippen molar-refractivity contribution in [1.29, 1.82) is 0 Å². The summed E-state index contributed by atoms with van der Waals surface area (Å²) in [6, 6.07) is 5.76. The van der Waals surface area contributed by atoms with Crippen molar-refractivity contribution in [3.8, 4) is 0 Å². The van der Waals surface area contributed by atoms with Crippen molar-refractivity contribution in [2.75, 3.05) is 5.32 Å². The number of benzene rings is 1. The van der Waals surface area contributed by atoms with Gasteiger partial charge in [-0.15, -0.1) is 0 Å². The summed E-state index contributed by atoms with van der Waals surface area (Å²) in [5.41, 5.74) is 2.98. The lowest BCUT2D eigenvalue weighted by molar-refractivity contribution is 0.102. The quantitative estimate of drug-likeness (QED) is 0.830. The normalized spacial score (nSPS) is 13.4. The van der Waals surface area contributed by atoms with Crippen LogP contribution in [0.5, 0.6) is 0 Å². The van der Waals surface area contributed by atoms with Gasteiger partial charge in [-0.05, 0) is 30.2 Å². The average Bonchev–Trinajstić information content (AvgIpc) is 2.96. The molecule has 2 aromatic rings. The van der Waals surface area contributed by atoms with E-state index in [1.807, 2.05) is 12.1 Å². The monoisotopic (exact) mass is 244 g/mol. The number of rotatable bonds is 2. The minimum Gasteiger partial charge on any atom is -0.315 e. The predicted molar refractivity (Wildman–Crippen MR) is 64.0 cm³/mol. The summed E-state index contributed by atoms with van der Waals surface area (Å²) in [6.07, 6.45) is 0. The highest BCUT2D eigenvalue weighted by Crippen LogP contribution is 2.17. The van der Waals surface area contributed by atoms with Crippen LogP contribution in [-0.4, -0.2) is 16.0 Å². The summed E-state index contributed by atoms with van der Waals surface area (Å²) in [4.78, 5) is 15.9. The van der Waals surface area contributed by atoms with Crippen molar-refractivity contribution in [3.05, 3.63) is 40.7 Å². The number of carbonyl (C=O) groups is 1. The van der Waals surface area contributed by atoms with Crippen LogP contribution < -0.4 is 10.6 Å². The highest BCUT2D eigenvalue weighted by atomic mass is 16.5. The number of hydrogen-bond acceptors (Lipinski definition) is 5. The molecule has 0 aliphatic carbocycles. The van der Waals surface area contributed by atoms with Crippen molar-refractivity contribution >= 4 is 11.9 Å². The number of nitrogens with zero attached hydrogens (tertiary/aromatic N) is 2. The Morgan fingerprint density at radius 1 is 1.39 bits per heavy atom. The van der Waals surface area contributed by atoms with Gasteiger partial charge in [0.2, 0.25) is 0 Å². The first-order valence-corrected chi connectivity index (χ1v) is 5.66. The summed E-state index contributed by atoms with van der Waals surface area (Å²) in [6.45, 7) is 3.36. The van der Waals surface area contributed by atoms with Gasteiger partial charge in [-0.3, -0.25) is 10.1 Å². The molecule has 0 atom stereocenters. The molecule has 6 heteroatoms. The van der Waals surface area contributed by atoms with Crippen molar-refractivity contribution in [2.24, 2.45) is 0 Å². The number of aryl methyl sites for hydroxylation is 1. The molecule has 2 N–H and O–H groups in total. The number of nitrogens with one attached hydrogen (secondary N) is 2. The zero-order valence-corrected chi connectivity index (χ0v) is 9.86. The summed E-state index contributed by atoms with van der Waals surface area (Å²) >= 11 is 0. The lowest BCUT2D eigenvalue weighted by Crippen LogP contribution is -2.12. The van der Waals surface area contributed by atoms with Gasteiger partial charge in [-0.2, -0.15) is 4.98 Å². The molecule has 2 heterocycles. The average molecular weight is 244 g/mol. The Morgan fingerprint density at radius 3 is 3.00 bits per heavy atom. The molecule has 1 aromatic heterocycles. The molecule has 6 nitrogen and oxygen atoms in total. The Balaban J connectivity index is 1.80. The second-order valence-corrected chi connectivity index (χ2v) is 4.19. The molecule has 18 heavy (non-hydrogen) atoms. The third kappa shape index (κ3) is 1.98. The van der Waals surface area contributed by atoms with E-state index < -0.39 is 0 Å². The molecular formula is C12H12N4O2. The molecule has 1 aliphatic heterocycles. The van der Waals surface area contributed by atoms with Crippen LogP contribution >= 0.6 is 0 Å². The van der Waals surface area contributed by atoms with E-state index in [-0.39, 0.29) is 11.9 Å². The minimum atomic E-state index is -0.242. The SMILES string of the molecule is Cc1noc(NC(=O)c2ccc3c(c2)CNC3)n1. The van der Waals surface area contributed by atoms with E-state index in [0.29, 0.717) is 11.4 Å². The topological polar surface area (TPSA) is 80.0 Å². The number of carbonyl (C=O) groups excluding carboxylic acids is 1. The van der Waals surface area contributed by atoms with Crippen LogP contribution in [0.1, 0.15) is 27.3 Å². The number of anilines is 1. The first kappa shape index (κ1) is 10.9. The Kier molecular flexibility index (Phi) is 2.56. The van der Waals surface area contributed by atoms with Gasteiger partial charge in [-0.25, -0.2) is 0 Å². The fourth-order valence-corrected chi connectivity index (χ4v) is 1.95. The summed E-state index contributed by atoms with van der Waals surface area (Å²) in [7, 11) is 0. The number of amides is 1. The van der Waals surface area contributed by atoms with Crippen molar-refractivity contribution in [3.63, 3.8) is 0 Å². The van der Waals surface area contributed by atoms with Crippen LogP contribution in [0.4, 0.5) is 6.01 Å². The molecular weight excluding hydrogens is 232 g/mol. The Labute approximate surface area is 103 Å². The molecule has 0 radical (unpaired) electrons. The highest BCUT2D eigenvalue weighted by Gasteiger charge is 2.15. The van der Waals surface area contributed by atoms with E-state index in [2.05, 4.69) is 20.8 Å². The highest BCUT2D eigenvalue weighted by molar-refractivity contribution is 6.03. The first-order chi connectivity index (χ1) is 8.72. The standard InChI is InChI=1S/C12H12N4O2/c1-7-14-12(18-16-7)15-11(17)8-2-3-9-5-13-6-10(9)4-8/h2-4,13H,5-6H2,1H3,(H,14,15,16,17). The third-order valence-corrected chi connectivity index (χ3v) is 2.85. The molecule has 0 fully saturated rings. The van der Waals surface area contributed by atoms with Gasteiger partial charge in [0, 0.05) is 18.7 Å².